The van der Waals surface area contributed by atoms with Crippen LogP contribution in [0.5, 0.6) is 0 Å². The molecule has 0 spiro atoms. The summed E-state index contributed by atoms with van der Waals surface area (Å²) in [4.78, 5) is 11.7. The van der Waals surface area contributed by atoms with Crippen LogP contribution in [-0.2, 0) is 9.53 Å². The summed E-state index contributed by atoms with van der Waals surface area (Å²) in [6, 6.07) is 0. The van der Waals surface area contributed by atoms with Crippen molar-refractivity contribution in [3.05, 3.63) is 0 Å². The Morgan fingerprint density at radius 1 is 1.33 bits per heavy atom. The molecule has 0 amide bonds. The van der Waals surface area contributed by atoms with Crippen molar-refractivity contribution in [2.75, 3.05) is 6.61 Å². The highest BCUT2D eigenvalue weighted by molar-refractivity contribution is 14.1. The molecule has 0 heterocycles. The molecule has 1 rings (SSSR count). The van der Waals surface area contributed by atoms with E-state index in [9.17, 15) is 4.79 Å². The van der Waals surface area contributed by atoms with Crippen molar-refractivity contribution in [2.24, 2.45) is 5.92 Å². The summed E-state index contributed by atoms with van der Waals surface area (Å²) in [5.41, 5.74) is 0. The van der Waals surface area contributed by atoms with Crippen molar-refractivity contribution >= 4 is 28.6 Å². The number of hydrogen-bond acceptors (Lipinski definition) is 2. The minimum Gasteiger partial charge on any atom is -0.465 e. The summed E-state index contributed by atoms with van der Waals surface area (Å²) in [5.74, 6) is 0.228. The predicted molar refractivity (Wildman–Crippen MR) is 70.3 cm³/mol. The van der Waals surface area contributed by atoms with Crippen LogP contribution < -0.4 is 0 Å². The van der Waals surface area contributed by atoms with E-state index in [1.807, 2.05) is 0 Å². The Balaban J connectivity index is 2.17. The average Bonchev–Trinajstić information content (AvgIpc) is 2.17. The largest absolute Gasteiger partial charge is 0.465 e. The third kappa shape index (κ3) is 5.73. The quantitative estimate of drug-likeness (QED) is 0.448. The van der Waals surface area contributed by atoms with E-state index in [4.69, 9.17) is 4.74 Å². The lowest BCUT2D eigenvalue weighted by Crippen LogP contribution is -2.22. The van der Waals surface area contributed by atoms with E-state index >= 15 is 0 Å². The summed E-state index contributed by atoms with van der Waals surface area (Å²) >= 11 is 2.39. The van der Waals surface area contributed by atoms with Crippen molar-refractivity contribution in [2.45, 2.75) is 55.8 Å². The Morgan fingerprint density at radius 3 is 2.47 bits per heavy atom. The van der Waals surface area contributed by atoms with Gasteiger partial charge in [0.05, 0.1) is 12.5 Å². The normalized spacial score (nSPS) is 18.9. The molecule has 0 unspecified atom stereocenters. The molecule has 3 heteroatoms. The Labute approximate surface area is 106 Å². The van der Waals surface area contributed by atoms with E-state index in [2.05, 4.69) is 36.4 Å². The fraction of sp³-hybridized carbons (Fsp3) is 0.917. The smallest absolute Gasteiger partial charge is 0.308 e. The van der Waals surface area contributed by atoms with E-state index < -0.39 is 0 Å². The Morgan fingerprint density at radius 2 is 1.93 bits per heavy atom. The summed E-state index contributed by atoms with van der Waals surface area (Å²) in [6.07, 6.45) is 6.67. The molecule has 1 aliphatic rings. The lowest BCUT2D eigenvalue weighted by molar-refractivity contribution is -0.149. The fourth-order valence-electron chi connectivity index (χ4n) is 1.85. The summed E-state index contributed by atoms with van der Waals surface area (Å²) < 4.78 is 5.54. The maximum Gasteiger partial charge on any atom is 0.308 e. The molecular weight excluding hydrogens is 303 g/mol. The molecule has 0 N–H and O–H groups in total. The summed E-state index contributed by atoms with van der Waals surface area (Å²) in [7, 11) is 0. The first kappa shape index (κ1) is 13.3. The lowest BCUT2D eigenvalue weighted by Gasteiger charge is -2.21. The third-order valence-corrected chi connectivity index (χ3v) is 3.42. The zero-order chi connectivity index (χ0) is 11.3. The van der Waals surface area contributed by atoms with Crippen LogP contribution >= 0.6 is 22.6 Å². The minimum absolute atomic E-state index is 0.0374. The van der Waals surface area contributed by atoms with Gasteiger partial charge in [-0.1, -0.05) is 55.7 Å². The topological polar surface area (TPSA) is 26.3 Å². The molecule has 88 valence electrons. The molecule has 1 saturated carbocycles. The number of hydrogen-bond donors (Lipinski definition) is 0. The van der Waals surface area contributed by atoms with Crippen LogP contribution in [-0.4, -0.2) is 16.0 Å². The SMILES string of the molecule is CC(C)(I)CCOC(=O)C1CCCCC1. The van der Waals surface area contributed by atoms with Gasteiger partial charge in [-0.3, -0.25) is 4.79 Å². The average molecular weight is 324 g/mol. The van der Waals surface area contributed by atoms with Crippen molar-refractivity contribution in [3.63, 3.8) is 0 Å². The minimum atomic E-state index is 0.0374. The summed E-state index contributed by atoms with van der Waals surface area (Å²) in [5, 5.41) is 0. The third-order valence-electron chi connectivity index (χ3n) is 2.88. The van der Waals surface area contributed by atoms with Gasteiger partial charge < -0.3 is 4.74 Å². The van der Waals surface area contributed by atoms with Crippen molar-refractivity contribution in [3.8, 4) is 0 Å². The molecule has 1 fully saturated rings. The zero-order valence-electron chi connectivity index (χ0n) is 9.72. The van der Waals surface area contributed by atoms with Gasteiger partial charge in [0.15, 0.2) is 0 Å². The van der Waals surface area contributed by atoms with E-state index in [1.165, 1.54) is 19.3 Å². The summed E-state index contributed by atoms with van der Waals surface area (Å²) in [6.45, 7) is 4.88. The van der Waals surface area contributed by atoms with Crippen LogP contribution in [0.3, 0.4) is 0 Å². The second-order valence-corrected chi connectivity index (χ2v) is 7.89. The van der Waals surface area contributed by atoms with Crippen molar-refractivity contribution in [1.29, 1.82) is 0 Å². The van der Waals surface area contributed by atoms with E-state index in [0.717, 1.165) is 19.3 Å². The Kier molecular flexibility index (Phi) is 5.36. The van der Waals surface area contributed by atoms with Gasteiger partial charge in [-0.2, -0.15) is 0 Å². The highest BCUT2D eigenvalue weighted by Gasteiger charge is 2.23. The van der Waals surface area contributed by atoms with Gasteiger partial charge in [0.25, 0.3) is 0 Å². The highest BCUT2D eigenvalue weighted by Crippen LogP contribution is 2.25. The van der Waals surface area contributed by atoms with Crippen LogP contribution in [0, 0.1) is 5.92 Å². The first-order valence-electron chi connectivity index (χ1n) is 5.84. The standard InChI is InChI=1S/C12H21IO2/c1-12(2,13)8-9-15-11(14)10-6-4-3-5-7-10/h10H,3-9H2,1-2H3. The van der Waals surface area contributed by atoms with Gasteiger partial charge in [-0.25, -0.2) is 0 Å². The molecule has 0 aromatic heterocycles. The van der Waals surface area contributed by atoms with Crippen LogP contribution in [0.2, 0.25) is 0 Å². The number of alkyl halides is 1. The molecule has 0 radical (unpaired) electrons. The van der Waals surface area contributed by atoms with Gasteiger partial charge >= 0.3 is 5.97 Å². The van der Waals surface area contributed by atoms with E-state index in [1.54, 1.807) is 0 Å². The maximum atomic E-state index is 11.7. The number of halogens is 1. The second-order valence-electron chi connectivity index (χ2n) is 4.97. The van der Waals surface area contributed by atoms with Crippen LogP contribution in [0.15, 0.2) is 0 Å². The predicted octanol–water partition coefficient (Wildman–Crippen LogP) is 3.71. The van der Waals surface area contributed by atoms with Crippen LogP contribution in [0.1, 0.15) is 52.4 Å². The second kappa shape index (κ2) is 6.06. The molecule has 0 bridgehead atoms. The fourth-order valence-corrected chi connectivity index (χ4v) is 2.07. The van der Waals surface area contributed by atoms with E-state index in [0.29, 0.717) is 6.61 Å². The van der Waals surface area contributed by atoms with Crippen LogP contribution in [0.25, 0.3) is 0 Å². The molecule has 0 aromatic carbocycles. The molecule has 0 saturated heterocycles. The Hall–Kier alpha value is 0.200. The van der Waals surface area contributed by atoms with Crippen LogP contribution in [0.4, 0.5) is 0 Å². The van der Waals surface area contributed by atoms with Gasteiger partial charge in [-0.15, -0.1) is 0 Å². The zero-order valence-corrected chi connectivity index (χ0v) is 11.9. The van der Waals surface area contributed by atoms with Gasteiger partial charge in [0.1, 0.15) is 0 Å². The van der Waals surface area contributed by atoms with Gasteiger partial charge in [0, 0.05) is 3.42 Å². The molecular formula is C12H21IO2. The number of carbonyl (C=O) groups excluding carboxylic acids is 1. The van der Waals surface area contributed by atoms with E-state index in [-0.39, 0.29) is 15.3 Å². The van der Waals surface area contributed by atoms with Crippen molar-refractivity contribution in [1.82, 2.24) is 0 Å². The lowest BCUT2D eigenvalue weighted by atomic mass is 9.89. The molecule has 1 aliphatic carbocycles. The first-order valence-corrected chi connectivity index (χ1v) is 6.92. The van der Waals surface area contributed by atoms with Gasteiger partial charge in [-0.05, 0) is 19.3 Å². The molecule has 0 aromatic rings. The monoisotopic (exact) mass is 324 g/mol. The molecule has 0 aliphatic heterocycles. The molecule has 0 atom stereocenters. The first-order chi connectivity index (χ1) is 6.99. The number of rotatable bonds is 4. The van der Waals surface area contributed by atoms with Gasteiger partial charge in [0.2, 0.25) is 0 Å². The molecule has 2 nitrogen and oxygen atoms in total. The maximum absolute atomic E-state index is 11.7. The highest BCUT2D eigenvalue weighted by atomic mass is 127. The van der Waals surface area contributed by atoms with Crippen molar-refractivity contribution < 1.29 is 9.53 Å². The molecule has 15 heavy (non-hydrogen) atoms. The number of ether oxygens (including phenoxy) is 1. The number of esters is 1. The Bertz CT molecular complexity index is 202. The number of carbonyl (C=O) groups is 1.